The van der Waals surface area contributed by atoms with Crippen LogP contribution in [-0.2, 0) is 0 Å². The molecule has 0 radical (unpaired) electrons. The summed E-state index contributed by atoms with van der Waals surface area (Å²) in [6.07, 6.45) is 0. The van der Waals surface area contributed by atoms with Gasteiger partial charge in [-0.1, -0.05) is 146 Å². The summed E-state index contributed by atoms with van der Waals surface area (Å²) in [6, 6.07) is 56.6. The molecular formula is C45H27N3OS. The highest BCUT2D eigenvalue weighted by atomic mass is 32.1. The van der Waals surface area contributed by atoms with E-state index in [2.05, 4.69) is 121 Å². The fraction of sp³-hybridized carbons (Fsp3) is 0. The molecule has 0 fully saturated rings. The number of furan rings is 1. The second kappa shape index (κ2) is 11.6. The van der Waals surface area contributed by atoms with Crippen molar-refractivity contribution in [2.45, 2.75) is 0 Å². The Morgan fingerprint density at radius 3 is 1.80 bits per heavy atom. The molecular weight excluding hydrogens is 631 g/mol. The maximum absolute atomic E-state index is 6.76. The fourth-order valence-corrected chi connectivity index (χ4v) is 8.23. The summed E-state index contributed by atoms with van der Waals surface area (Å²) in [4.78, 5) is 15.1. The minimum Gasteiger partial charge on any atom is -0.455 e. The lowest BCUT2D eigenvalue weighted by Gasteiger charge is -2.12. The molecule has 0 N–H and O–H groups in total. The van der Waals surface area contributed by atoms with Gasteiger partial charge in [0.05, 0.1) is 0 Å². The SMILES string of the molecule is c1ccc(-c2nc(-c3ccc4c(c3)oc3c(-c5cccc6c5sc5ccccc56)cccc34)nc(-c3ccccc3-c3ccccc3)n2)cc1. The van der Waals surface area contributed by atoms with Crippen molar-refractivity contribution in [2.75, 3.05) is 0 Å². The summed E-state index contributed by atoms with van der Waals surface area (Å²) in [5.41, 5.74) is 8.86. The highest BCUT2D eigenvalue weighted by Gasteiger charge is 2.19. The molecule has 0 aliphatic rings. The molecule has 0 spiro atoms. The molecule has 234 valence electrons. The number of benzene rings is 7. The Labute approximate surface area is 292 Å². The molecule has 0 saturated heterocycles. The lowest BCUT2D eigenvalue weighted by Crippen LogP contribution is -2.01. The van der Waals surface area contributed by atoms with Gasteiger partial charge in [-0.05, 0) is 29.3 Å². The van der Waals surface area contributed by atoms with Crippen molar-refractivity contribution in [2.24, 2.45) is 0 Å². The molecule has 0 amide bonds. The van der Waals surface area contributed by atoms with Crippen LogP contribution in [0.25, 0.3) is 98.5 Å². The van der Waals surface area contributed by atoms with Crippen LogP contribution < -0.4 is 0 Å². The summed E-state index contributed by atoms with van der Waals surface area (Å²) in [6.45, 7) is 0. The number of aromatic nitrogens is 3. The maximum Gasteiger partial charge on any atom is 0.164 e. The third-order valence-corrected chi connectivity index (χ3v) is 10.6. The first kappa shape index (κ1) is 28.6. The van der Waals surface area contributed by atoms with Crippen LogP contribution in [0.15, 0.2) is 168 Å². The van der Waals surface area contributed by atoms with Gasteiger partial charge in [0.25, 0.3) is 0 Å². The van der Waals surface area contributed by atoms with Crippen LogP contribution in [0.4, 0.5) is 0 Å². The predicted molar refractivity (Wildman–Crippen MR) is 207 cm³/mol. The number of para-hydroxylation sites is 1. The summed E-state index contributed by atoms with van der Waals surface area (Å²) < 4.78 is 9.32. The van der Waals surface area contributed by atoms with Crippen molar-refractivity contribution in [1.82, 2.24) is 15.0 Å². The van der Waals surface area contributed by atoms with Gasteiger partial charge < -0.3 is 4.42 Å². The average Bonchev–Trinajstić information content (AvgIpc) is 3.77. The Morgan fingerprint density at radius 2 is 0.980 bits per heavy atom. The molecule has 3 aromatic heterocycles. The summed E-state index contributed by atoms with van der Waals surface area (Å²) in [5, 5.41) is 4.70. The number of fused-ring (bicyclic) bond motifs is 6. The largest absolute Gasteiger partial charge is 0.455 e. The molecule has 7 aromatic carbocycles. The van der Waals surface area contributed by atoms with Crippen molar-refractivity contribution >= 4 is 53.4 Å². The van der Waals surface area contributed by atoms with Crippen LogP contribution in [0.5, 0.6) is 0 Å². The Kier molecular flexibility index (Phi) is 6.64. The summed E-state index contributed by atoms with van der Waals surface area (Å²) in [5.74, 6) is 1.84. The zero-order chi connectivity index (χ0) is 33.0. The minimum absolute atomic E-state index is 0.592. The first-order valence-electron chi connectivity index (χ1n) is 16.6. The number of thiophene rings is 1. The molecule has 0 atom stereocenters. The van der Waals surface area contributed by atoms with Crippen LogP contribution in [0.1, 0.15) is 0 Å². The first-order valence-corrected chi connectivity index (χ1v) is 17.4. The second-order valence-electron chi connectivity index (χ2n) is 12.4. The van der Waals surface area contributed by atoms with E-state index in [1.165, 1.54) is 25.7 Å². The fourth-order valence-electron chi connectivity index (χ4n) is 7.00. The Balaban J connectivity index is 1.15. The summed E-state index contributed by atoms with van der Waals surface area (Å²) >= 11 is 1.83. The number of rotatable bonds is 5. The normalized spacial score (nSPS) is 11.6. The van der Waals surface area contributed by atoms with Gasteiger partial charge in [-0.25, -0.2) is 15.0 Å². The molecule has 10 rings (SSSR count). The quantitative estimate of drug-likeness (QED) is 0.185. The number of hydrogen-bond acceptors (Lipinski definition) is 5. The van der Waals surface area contributed by atoms with Crippen LogP contribution in [-0.4, -0.2) is 15.0 Å². The zero-order valence-electron chi connectivity index (χ0n) is 26.7. The lowest BCUT2D eigenvalue weighted by molar-refractivity contribution is 0.670. The third kappa shape index (κ3) is 4.71. The third-order valence-electron chi connectivity index (χ3n) is 9.37. The van der Waals surface area contributed by atoms with Gasteiger partial charge in [0, 0.05) is 58.8 Å². The molecule has 5 heteroatoms. The topological polar surface area (TPSA) is 51.8 Å². The van der Waals surface area contributed by atoms with Gasteiger partial charge in [-0.2, -0.15) is 0 Å². The highest BCUT2D eigenvalue weighted by Crippen LogP contribution is 2.44. The van der Waals surface area contributed by atoms with E-state index in [9.17, 15) is 0 Å². The lowest BCUT2D eigenvalue weighted by atomic mass is 9.99. The van der Waals surface area contributed by atoms with Crippen LogP contribution in [0.2, 0.25) is 0 Å². The number of hydrogen-bond donors (Lipinski definition) is 0. The van der Waals surface area contributed by atoms with Gasteiger partial charge in [0.2, 0.25) is 0 Å². The number of nitrogens with zero attached hydrogens (tertiary/aromatic N) is 3. The standard InChI is InChI=1S/C45H27N3OS/c1-3-13-28(14-4-1)31-17-7-8-19-38(31)45-47-43(29-15-5-2-6-16-29)46-44(48-45)30-25-26-32-34-20-11-21-35(41(34)49-39(32)27-30)37-23-12-22-36-33-18-9-10-24-40(33)50-42(36)37/h1-27H. The van der Waals surface area contributed by atoms with E-state index in [-0.39, 0.29) is 0 Å². The van der Waals surface area contributed by atoms with Crippen LogP contribution in [0.3, 0.4) is 0 Å². The van der Waals surface area contributed by atoms with E-state index in [0.717, 1.165) is 55.3 Å². The molecule has 0 aliphatic carbocycles. The van der Waals surface area contributed by atoms with E-state index in [1.54, 1.807) is 0 Å². The van der Waals surface area contributed by atoms with Crippen molar-refractivity contribution in [1.29, 1.82) is 0 Å². The molecule has 10 aromatic rings. The summed E-state index contributed by atoms with van der Waals surface area (Å²) in [7, 11) is 0. The monoisotopic (exact) mass is 657 g/mol. The van der Waals surface area contributed by atoms with Gasteiger partial charge in [0.1, 0.15) is 11.2 Å². The Hall–Kier alpha value is -6.43. The molecule has 0 bridgehead atoms. The van der Waals surface area contributed by atoms with Gasteiger partial charge in [-0.3, -0.25) is 0 Å². The Bertz CT molecular complexity index is 2870. The van der Waals surface area contributed by atoms with Crippen molar-refractivity contribution < 1.29 is 4.42 Å². The van der Waals surface area contributed by atoms with Crippen molar-refractivity contribution in [3.8, 4) is 56.4 Å². The predicted octanol–water partition coefficient (Wildman–Crippen LogP) is 12.5. The van der Waals surface area contributed by atoms with Crippen molar-refractivity contribution in [3.05, 3.63) is 164 Å². The van der Waals surface area contributed by atoms with E-state index in [1.807, 2.05) is 53.8 Å². The molecule has 3 heterocycles. The van der Waals surface area contributed by atoms with Gasteiger partial charge in [-0.15, -0.1) is 11.3 Å². The van der Waals surface area contributed by atoms with E-state index >= 15 is 0 Å². The van der Waals surface area contributed by atoms with E-state index in [4.69, 9.17) is 19.4 Å². The van der Waals surface area contributed by atoms with E-state index in [0.29, 0.717) is 17.5 Å². The molecule has 50 heavy (non-hydrogen) atoms. The zero-order valence-corrected chi connectivity index (χ0v) is 27.6. The average molecular weight is 658 g/mol. The first-order chi connectivity index (χ1) is 24.8. The molecule has 0 aliphatic heterocycles. The second-order valence-corrected chi connectivity index (χ2v) is 13.4. The smallest absolute Gasteiger partial charge is 0.164 e. The van der Waals surface area contributed by atoms with E-state index < -0.39 is 0 Å². The van der Waals surface area contributed by atoms with Gasteiger partial charge >= 0.3 is 0 Å². The van der Waals surface area contributed by atoms with Crippen LogP contribution in [0, 0.1) is 0 Å². The van der Waals surface area contributed by atoms with Crippen molar-refractivity contribution in [3.63, 3.8) is 0 Å². The molecule has 0 saturated carbocycles. The maximum atomic E-state index is 6.76. The minimum atomic E-state index is 0.592. The molecule has 4 nitrogen and oxygen atoms in total. The van der Waals surface area contributed by atoms with Gasteiger partial charge in [0.15, 0.2) is 17.5 Å². The molecule has 0 unspecified atom stereocenters. The Morgan fingerprint density at radius 1 is 0.380 bits per heavy atom. The highest BCUT2D eigenvalue weighted by molar-refractivity contribution is 7.26. The van der Waals surface area contributed by atoms with Crippen LogP contribution >= 0.6 is 11.3 Å².